The molecule has 0 saturated carbocycles. The largest absolute Gasteiger partial charge is 0.369 e. The van der Waals surface area contributed by atoms with E-state index in [2.05, 4.69) is 5.32 Å². The third-order valence-electron chi connectivity index (χ3n) is 2.31. The monoisotopic (exact) mass is 170 g/mol. The van der Waals surface area contributed by atoms with Gasteiger partial charge in [0, 0.05) is 0 Å². The molecular weight excluding hydrogens is 156 g/mol. The first-order valence-corrected chi connectivity index (χ1v) is 4.13. The molecule has 4 nitrogen and oxygen atoms in total. The van der Waals surface area contributed by atoms with Crippen LogP contribution in [0.4, 0.5) is 0 Å². The fourth-order valence-electron chi connectivity index (χ4n) is 1.73. The Hall–Kier alpha value is -0.900. The fraction of sp³-hybridized carbons (Fsp3) is 0.750. The van der Waals surface area contributed by atoms with E-state index in [0.717, 1.165) is 19.5 Å². The molecule has 1 aliphatic heterocycles. The van der Waals surface area contributed by atoms with Crippen LogP contribution in [-0.2, 0) is 9.59 Å². The lowest BCUT2D eigenvalue weighted by Crippen LogP contribution is -2.36. The Morgan fingerprint density at radius 1 is 1.58 bits per heavy atom. The zero-order valence-corrected chi connectivity index (χ0v) is 7.17. The highest BCUT2D eigenvalue weighted by Gasteiger charge is 2.32. The summed E-state index contributed by atoms with van der Waals surface area (Å²) in [6.07, 6.45) is 0.868. The standard InChI is InChI=1S/C8H14N2O2/c1-5(11)7(8(9)12)6-2-3-10-4-6/h6-7,10H,2-4H2,1H3,(H2,9,12). The van der Waals surface area contributed by atoms with E-state index in [4.69, 9.17) is 5.73 Å². The highest BCUT2D eigenvalue weighted by molar-refractivity contribution is 5.99. The normalized spacial score (nSPS) is 25.2. The van der Waals surface area contributed by atoms with Crippen molar-refractivity contribution in [1.29, 1.82) is 0 Å². The van der Waals surface area contributed by atoms with Crippen LogP contribution in [0.15, 0.2) is 0 Å². The number of carbonyl (C=O) groups is 2. The van der Waals surface area contributed by atoms with Gasteiger partial charge in [-0.1, -0.05) is 0 Å². The number of hydrogen-bond acceptors (Lipinski definition) is 3. The molecule has 3 N–H and O–H groups in total. The predicted molar refractivity (Wildman–Crippen MR) is 44.3 cm³/mol. The number of rotatable bonds is 3. The first-order valence-electron chi connectivity index (χ1n) is 4.13. The van der Waals surface area contributed by atoms with Crippen LogP contribution in [-0.4, -0.2) is 24.8 Å². The summed E-state index contributed by atoms with van der Waals surface area (Å²) in [6.45, 7) is 3.03. The molecule has 0 aromatic rings. The molecule has 1 saturated heterocycles. The topological polar surface area (TPSA) is 72.2 Å². The molecule has 1 heterocycles. The maximum Gasteiger partial charge on any atom is 0.228 e. The Morgan fingerprint density at radius 3 is 2.58 bits per heavy atom. The van der Waals surface area contributed by atoms with Crippen LogP contribution in [0.25, 0.3) is 0 Å². The number of nitrogens with one attached hydrogen (secondary N) is 1. The van der Waals surface area contributed by atoms with E-state index >= 15 is 0 Å². The maximum absolute atomic E-state index is 11.0. The van der Waals surface area contributed by atoms with E-state index in [1.54, 1.807) is 0 Å². The minimum Gasteiger partial charge on any atom is -0.369 e. The number of hydrogen-bond donors (Lipinski definition) is 2. The smallest absolute Gasteiger partial charge is 0.228 e. The van der Waals surface area contributed by atoms with Gasteiger partial charge < -0.3 is 11.1 Å². The molecular formula is C8H14N2O2. The van der Waals surface area contributed by atoms with Crippen LogP contribution < -0.4 is 11.1 Å². The van der Waals surface area contributed by atoms with Gasteiger partial charge in [-0.05, 0) is 32.4 Å². The van der Waals surface area contributed by atoms with Crippen molar-refractivity contribution in [3.05, 3.63) is 0 Å². The lowest BCUT2D eigenvalue weighted by molar-refractivity contribution is -0.132. The third kappa shape index (κ3) is 1.82. The van der Waals surface area contributed by atoms with E-state index in [1.807, 2.05) is 0 Å². The van der Waals surface area contributed by atoms with Crippen molar-refractivity contribution in [3.8, 4) is 0 Å². The zero-order chi connectivity index (χ0) is 9.14. The molecule has 1 amide bonds. The predicted octanol–water partition coefficient (Wildman–Crippen LogP) is -0.714. The van der Waals surface area contributed by atoms with Gasteiger partial charge in [0.05, 0.1) is 5.92 Å². The highest BCUT2D eigenvalue weighted by Crippen LogP contribution is 2.19. The van der Waals surface area contributed by atoms with Crippen LogP contribution in [0.2, 0.25) is 0 Å². The fourth-order valence-corrected chi connectivity index (χ4v) is 1.73. The molecule has 4 heteroatoms. The maximum atomic E-state index is 11.0. The van der Waals surface area contributed by atoms with Gasteiger partial charge >= 0.3 is 0 Å². The van der Waals surface area contributed by atoms with Gasteiger partial charge in [-0.2, -0.15) is 0 Å². The van der Waals surface area contributed by atoms with Crippen LogP contribution in [0.1, 0.15) is 13.3 Å². The van der Waals surface area contributed by atoms with Gasteiger partial charge in [0.2, 0.25) is 5.91 Å². The molecule has 2 atom stereocenters. The van der Waals surface area contributed by atoms with E-state index in [-0.39, 0.29) is 11.7 Å². The molecule has 0 bridgehead atoms. The number of primary amides is 1. The minimum atomic E-state index is -0.583. The third-order valence-corrected chi connectivity index (χ3v) is 2.31. The van der Waals surface area contributed by atoms with Gasteiger partial charge in [0.25, 0.3) is 0 Å². The number of nitrogens with two attached hydrogens (primary N) is 1. The van der Waals surface area contributed by atoms with Crippen molar-refractivity contribution < 1.29 is 9.59 Å². The van der Waals surface area contributed by atoms with E-state index in [9.17, 15) is 9.59 Å². The average molecular weight is 170 g/mol. The Bertz CT molecular complexity index is 183. The lowest BCUT2D eigenvalue weighted by Gasteiger charge is -2.15. The van der Waals surface area contributed by atoms with E-state index in [0.29, 0.717) is 0 Å². The summed E-state index contributed by atoms with van der Waals surface area (Å²) in [7, 11) is 0. The van der Waals surface area contributed by atoms with Crippen LogP contribution in [0.3, 0.4) is 0 Å². The molecule has 2 unspecified atom stereocenters. The summed E-state index contributed by atoms with van der Waals surface area (Å²) in [5, 5.41) is 3.10. The summed E-state index contributed by atoms with van der Waals surface area (Å²) in [6, 6.07) is 0. The molecule has 0 aromatic heterocycles. The SMILES string of the molecule is CC(=O)C(C(N)=O)C1CCNC1. The summed E-state index contributed by atoms with van der Waals surface area (Å²) < 4.78 is 0. The van der Waals surface area contributed by atoms with Crippen LogP contribution in [0, 0.1) is 11.8 Å². The van der Waals surface area contributed by atoms with Crippen molar-refractivity contribution >= 4 is 11.7 Å². The Balaban J connectivity index is 2.64. The quantitative estimate of drug-likeness (QED) is 0.549. The second-order valence-electron chi connectivity index (χ2n) is 3.24. The summed E-state index contributed by atoms with van der Waals surface area (Å²) in [5.41, 5.74) is 5.13. The van der Waals surface area contributed by atoms with Gasteiger partial charge in [-0.3, -0.25) is 9.59 Å². The van der Waals surface area contributed by atoms with Gasteiger partial charge in [0.15, 0.2) is 0 Å². The molecule has 1 fully saturated rings. The second-order valence-corrected chi connectivity index (χ2v) is 3.24. The number of amides is 1. The summed E-state index contributed by atoms with van der Waals surface area (Å²) in [5.74, 6) is -1.08. The van der Waals surface area contributed by atoms with Gasteiger partial charge in [-0.25, -0.2) is 0 Å². The van der Waals surface area contributed by atoms with Crippen LogP contribution >= 0.6 is 0 Å². The second kappa shape index (κ2) is 3.67. The Kier molecular flexibility index (Phi) is 2.81. The first-order chi connectivity index (χ1) is 5.63. The molecule has 12 heavy (non-hydrogen) atoms. The minimum absolute atomic E-state index is 0.111. The highest BCUT2D eigenvalue weighted by atomic mass is 16.2. The van der Waals surface area contributed by atoms with E-state index in [1.165, 1.54) is 6.92 Å². The molecule has 1 aliphatic rings. The lowest BCUT2D eigenvalue weighted by atomic mass is 9.88. The van der Waals surface area contributed by atoms with Crippen molar-refractivity contribution in [1.82, 2.24) is 5.32 Å². The average Bonchev–Trinajstić information content (AvgIpc) is 2.37. The number of ketones is 1. The number of carbonyl (C=O) groups excluding carboxylic acids is 2. The summed E-state index contributed by atoms with van der Waals surface area (Å²) >= 11 is 0. The van der Waals surface area contributed by atoms with Crippen LogP contribution in [0.5, 0.6) is 0 Å². The Labute approximate surface area is 71.5 Å². The summed E-state index contributed by atoms with van der Waals surface area (Å²) in [4.78, 5) is 21.9. The van der Waals surface area contributed by atoms with Crippen molar-refractivity contribution in [3.63, 3.8) is 0 Å². The zero-order valence-electron chi connectivity index (χ0n) is 7.17. The van der Waals surface area contributed by atoms with Gasteiger partial charge in [0.1, 0.15) is 5.78 Å². The molecule has 0 radical (unpaired) electrons. The van der Waals surface area contributed by atoms with E-state index < -0.39 is 11.8 Å². The van der Waals surface area contributed by atoms with Crippen molar-refractivity contribution in [2.75, 3.05) is 13.1 Å². The van der Waals surface area contributed by atoms with Gasteiger partial charge in [-0.15, -0.1) is 0 Å². The molecule has 68 valence electrons. The van der Waals surface area contributed by atoms with Crippen molar-refractivity contribution in [2.45, 2.75) is 13.3 Å². The molecule has 0 aromatic carbocycles. The Morgan fingerprint density at radius 2 is 2.25 bits per heavy atom. The molecule has 1 rings (SSSR count). The molecule has 0 aliphatic carbocycles. The van der Waals surface area contributed by atoms with Crippen molar-refractivity contribution in [2.24, 2.45) is 17.6 Å². The number of Topliss-reactive ketones (excluding diaryl/α,β-unsaturated/α-hetero) is 1. The molecule has 0 spiro atoms. The first kappa shape index (κ1) is 9.19.